The highest BCUT2D eigenvalue weighted by atomic mass is 16.5. The predicted octanol–water partition coefficient (Wildman–Crippen LogP) is -0.534. The molecular formula is C14H21NO4. The quantitative estimate of drug-likeness (QED) is 0.576. The highest BCUT2D eigenvalue weighted by molar-refractivity contribution is 5.43. The Morgan fingerprint density at radius 2 is 2.05 bits per heavy atom. The predicted molar refractivity (Wildman–Crippen MR) is 71.3 cm³/mol. The summed E-state index contributed by atoms with van der Waals surface area (Å²) in [5.41, 5.74) is 1.93. The molecule has 0 unspecified atom stereocenters. The first kappa shape index (κ1) is 14.3. The Morgan fingerprint density at radius 1 is 1.32 bits per heavy atom. The normalized spacial score (nSPS) is 23.8. The maximum Gasteiger partial charge on any atom is 0.123 e. The van der Waals surface area contributed by atoms with Crippen LogP contribution in [-0.4, -0.2) is 53.8 Å². The van der Waals surface area contributed by atoms with E-state index in [4.69, 9.17) is 4.74 Å². The van der Waals surface area contributed by atoms with Crippen molar-refractivity contribution >= 4 is 0 Å². The minimum absolute atomic E-state index is 0.204. The van der Waals surface area contributed by atoms with Crippen LogP contribution in [0.15, 0.2) is 18.2 Å². The number of nitrogens with one attached hydrogen (secondary N) is 1. The molecule has 0 amide bonds. The van der Waals surface area contributed by atoms with Gasteiger partial charge in [-0.25, -0.2) is 0 Å². The van der Waals surface area contributed by atoms with E-state index in [0.29, 0.717) is 25.1 Å². The van der Waals surface area contributed by atoms with E-state index in [-0.39, 0.29) is 6.61 Å². The van der Waals surface area contributed by atoms with Crippen LogP contribution < -0.4 is 10.1 Å². The van der Waals surface area contributed by atoms with E-state index in [0.717, 1.165) is 11.1 Å². The zero-order valence-electron chi connectivity index (χ0n) is 11.0. The van der Waals surface area contributed by atoms with Crippen molar-refractivity contribution in [2.75, 3.05) is 20.2 Å². The van der Waals surface area contributed by atoms with E-state index in [1.54, 1.807) is 7.05 Å². The van der Waals surface area contributed by atoms with Gasteiger partial charge in [-0.05, 0) is 18.7 Å². The Balaban J connectivity index is 2.08. The monoisotopic (exact) mass is 267 g/mol. The van der Waals surface area contributed by atoms with Crippen molar-refractivity contribution in [3.8, 4) is 5.75 Å². The fourth-order valence-electron chi connectivity index (χ4n) is 2.36. The molecule has 0 saturated carbocycles. The Hall–Kier alpha value is -1.14. The molecule has 0 bridgehead atoms. The maximum absolute atomic E-state index is 9.75. The number of ether oxygens (including phenoxy) is 1. The Labute approximate surface area is 112 Å². The summed E-state index contributed by atoms with van der Waals surface area (Å²) >= 11 is 0. The zero-order chi connectivity index (χ0) is 13.8. The molecule has 5 heteroatoms. The molecule has 4 N–H and O–H groups in total. The average Bonchev–Trinajstić information content (AvgIpc) is 2.38. The molecule has 5 nitrogen and oxygen atoms in total. The summed E-state index contributed by atoms with van der Waals surface area (Å²) in [6.45, 7) is 0.673. The van der Waals surface area contributed by atoms with Crippen LogP contribution in [0, 0.1) is 0 Å². The second-order valence-corrected chi connectivity index (χ2v) is 4.96. The van der Waals surface area contributed by atoms with Gasteiger partial charge in [0.25, 0.3) is 0 Å². The topological polar surface area (TPSA) is 82.0 Å². The largest absolute Gasteiger partial charge is 0.491 e. The summed E-state index contributed by atoms with van der Waals surface area (Å²) in [4.78, 5) is 0. The minimum Gasteiger partial charge on any atom is -0.491 e. The second kappa shape index (κ2) is 6.34. The fraction of sp³-hybridized carbons (Fsp3) is 0.571. The molecule has 19 heavy (non-hydrogen) atoms. The van der Waals surface area contributed by atoms with E-state index in [9.17, 15) is 15.3 Å². The van der Waals surface area contributed by atoms with Crippen LogP contribution in [0.25, 0.3) is 0 Å². The van der Waals surface area contributed by atoms with Crippen molar-refractivity contribution in [1.82, 2.24) is 5.32 Å². The van der Waals surface area contributed by atoms with Gasteiger partial charge in [0, 0.05) is 24.9 Å². The summed E-state index contributed by atoms with van der Waals surface area (Å²) in [6.07, 6.45) is -1.21. The fourth-order valence-corrected chi connectivity index (χ4v) is 2.36. The van der Waals surface area contributed by atoms with Gasteiger partial charge in [0.15, 0.2) is 0 Å². The molecule has 0 aliphatic heterocycles. The molecule has 1 aromatic carbocycles. The Kier molecular flexibility index (Phi) is 4.76. The van der Waals surface area contributed by atoms with Crippen LogP contribution in [0.1, 0.15) is 11.1 Å². The van der Waals surface area contributed by atoms with Gasteiger partial charge in [-0.15, -0.1) is 0 Å². The van der Waals surface area contributed by atoms with Crippen molar-refractivity contribution in [3.05, 3.63) is 29.3 Å². The third-order valence-corrected chi connectivity index (χ3v) is 3.39. The van der Waals surface area contributed by atoms with Crippen molar-refractivity contribution in [3.63, 3.8) is 0 Å². The number of rotatable bonds is 5. The maximum atomic E-state index is 9.75. The molecule has 0 radical (unpaired) electrons. The lowest BCUT2D eigenvalue weighted by molar-refractivity contribution is 0.0132. The molecule has 106 valence electrons. The van der Waals surface area contributed by atoms with Crippen LogP contribution in [0.2, 0.25) is 0 Å². The lowest BCUT2D eigenvalue weighted by atomic mass is 9.87. The number of aliphatic hydroxyl groups excluding tert-OH is 3. The van der Waals surface area contributed by atoms with Gasteiger partial charge in [-0.1, -0.05) is 12.1 Å². The second-order valence-electron chi connectivity index (χ2n) is 4.96. The van der Waals surface area contributed by atoms with Gasteiger partial charge in [0.1, 0.15) is 18.5 Å². The van der Waals surface area contributed by atoms with Gasteiger partial charge < -0.3 is 25.4 Å². The molecule has 0 fully saturated rings. The van der Waals surface area contributed by atoms with Gasteiger partial charge in [0.05, 0.1) is 12.2 Å². The van der Waals surface area contributed by atoms with Crippen LogP contribution in [0.3, 0.4) is 0 Å². The average molecular weight is 267 g/mol. The summed E-state index contributed by atoms with van der Waals surface area (Å²) in [5.74, 6) is 0.679. The molecule has 0 aromatic heterocycles. The molecule has 1 aliphatic carbocycles. The summed E-state index contributed by atoms with van der Waals surface area (Å²) in [7, 11) is 1.77. The lowest BCUT2D eigenvalue weighted by Crippen LogP contribution is -2.35. The van der Waals surface area contributed by atoms with E-state index in [1.807, 2.05) is 18.2 Å². The number of hydrogen-bond donors (Lipinski definition) is 4. The van der Waals surface area contributed by atoms with Crippen molar-refractivity contribution in [1.29, 1.82) is 0 Å². The van der Waals surface area contributed by atoms with E-state index in [2.05, 4.69) is 5.32 Å². The van der Waals surface area contributed by atoms with Gasteiger partial charge in [0.2, 0.25) is 0 Å². The molecule has 3 atom stereocenters. The molecule has 0 saturated heterocycles. The van der Waals surface area contributed by atoms with Crippen molar-refractivity contribution in [2.45, 2.75) is 31.2 Å². The molecular weight excluding hydrogens is 246 g/mol. The third kappa shape index (κ3) is 3.45. The zero-order valence-corrected chi connectivity index (χ0v) is 11.0. The van der Waals surface area contributed by atoms with Crippen LogP contribution >= 0.6 is 0 Å². The minimum atomic E-state index is -0.750. The number of likely N-dealkylation sites (N-methyl/N-ethyl adjacent to an activating group) is 1. The van der Waals surface area contributed by atoms with Crippen LogP contribution in [-0.2, 0) is 12.8 Å². The molecule has 2 rings (SSSR count). The van der Waals surface area contributed by atoms with Gasteiger partial charge in [-0.3, -0.25) is 0 Å². The van der Waals surface area contributed by atoms with Crippen LogP contribution in [0.5, 0.6) is 5.75 Å². The molecule has 0 heterocycles. The first-order chi connectivity index (χ1) is 9.11. The first-order valence-electron chi connectivity index (χ1n) is 6.54. The SMILES string of the molecule is CNC[C@H](O)COc1cccc2c1C[C@@H](O)[C@H](O)C2. The molecule has 1 aliphatic rings. The van der Waals surface area contributed by atoms with E-state index in [1.165, 1.54) is 0 Å². The van der Waals surface area contributed by atoms with Gasteiger partial charge in [-0.2, -0.15) is 0 Å². The first-order valence-corrected chi connectivity index (χ1v) is 6.54. The van der Waals surface area contributed by atoms with E-state index >= 15 is 0 Å². The van der Waals surface area contributed by atoms with E-state index < -0.39 is 18.3 Å². The number of aliphatic hydroxyl groups is 3. The third-order valence-electron chi connectivity index (χ3n) is 3.39. The highest BCUT2D eigenvalue weighted by Gasteiger charge is 2.27. The van der Waals surface area contributed by atoms with Crippen molar-refractivity contribution in [2.24, 2.45) is 0 Å². The number of fused-ring (bicyclic) bond motifs is 1. The highest BCUT2D eigenvalue weighted by Crippen LogP contribution is 2.30. The summed E-state index contributed by atoms with van der Waals surface area (Å²) in [6, 6.07) is 5.62. The lowest BCUT2D eigenvalue weighted by Gasteiger charge is -2.27. The number of benzene rings is 1. The Bertz CT molecular complexity index is 424. The smallest absolute Gasteiger partial charge is 0.123 e. The molecule has 1 aromatic rings. The Morgan fingerprint density at radius 3 is 2.79 bits per heavy atom. The molecule has 0 spiro atoms. The van der Waals surface area contributed by atoms with Crippen LogP contribution in [0.4, 0.5) is 0 Å². The standard InChI is InChI=1S/C14H21NO4/c1-15-7-10(16)8-19-14-4-2-3-9-5-12(17)13(18)6-11(9)14/h2-4,10,12-13,15-18H,5-8H2,1H3/t10-,12+,13+/m0/s1. The summed E-state index contributed by atoms with van der Waals surface area (Å²) in [5, 5.41) is 31.9. The van der Waals surface area contributed by atoms with Gasteiger partial charge >= 0.3 is 0 Å². The number of hydrogen-bond acceptors (Lipinski definition) is 5. The summed E-state index contributed by atoms with van der Waals surface area (Å²) < 4.78 is 5.62. The van der Waals surface area contributed by atoms with Crippen molar-refractivity contribution < 1.29 is 20.1 Å².